The lowest BCUT2D eigenvalue weighted by molar-refractivity contribution is -0.0674. The minimum atomic E-state index is 0.258. The molecule has 0 bridgehead atoms. The van der Waals surface area contributed by atoms with E-state index in [-0.39, 0.29) is 5.60 Å². The molecule has 0 amide bonds. The topological polar surface area (TPSA) is 30.5 Å². The fourth-order valence-corrected chi connectivity index (χ4v) is 3.06. The molecule has 0 radical (unpaired) electrons. The second-order valence-corrected chi connectivity index (χ2v) is 5.49. The second-order valence-electron chi connectivity index (χ2n) is 5.49. The number of nitrogens with one attached hydrogen (secondary N) is 1. The molecule has 1 aliphatic carbocycles. The molecule has 1 saturated heterocycles. The highest BCUT2D eigenvalue weighted by atomic mass is 16.6. The molecule has 1 atom stereocenters. The molecular formula is C14H27NO2. The normalized spacial score (nSPS) is 27.0. The van der Waals surface area contributed by atoms with Crippen LogP contribution in [-0.2, 0) is 9.47 Å². The molecule has 1 spiro atoms. The van der Waals surface area contributed by atoms with Crippen molar-refractivity contribution in [1.29, 1.82) is 0 Å². The first-order valence-corrected chi connectivity index (χ1v) is 7.31. The summed E-state index contributed by atoms with van der Waals surface area (Å²) in [4.78, 5) is 0. The van der Waals surface area contributed by atoms with Gasteiger partial charge in [-0.3, -0.25) is 0 Å². The Bertz CT molecular complexity index is 214. The first-order chi connectivity index (χ1) is 8.35. The summed E-state index contributed by atoms with van der Waals surface area (Å²) in [5.41, 5.74) is 0.258. The molecule has 2 fully saturated rings. The molecule has 3 nitrogen and oxygen atoms in total. The Morgan fingerprint density at radius 2 is 2.06 bits per heavy atom. The van der Waals surface area contributed by atoms with Crippen LogP contribution in [0.3, 0.4) is 0 Å². The largest absolute Gasteiger partial charge is 0.377 e. The number of ether oxygens (including phenoxy) is 2. The van der Waals surface area contributed by atoms with E-state index in [1.165, 1.54) is 44.9 Å². The average Bonchev–Trinajstić information content (AvgIpc) is 2.95. The van der Waals surface area contributed by atoms with Gasteiger partial charge in [-0.25, -0.2) is 0 Å². The van der Waals surface area contributed by atoms with Crippen LogP contribution < -0.4 is 5.32 Å². The predicted octanol–water partition coefficient (Wildman–Crippen LogP) is 2.49. The molecule has 1 aliphatic heterocycles. The molecular weight excluding hydrogens is 214 g/mol. The Morgan fingerprint density at radius 3 is 2.82 bits per heavy atom. The molecule has 1 saturated carbocycles. The van der Waals surface area contributed by atoms with Gasteiger partial charge in [-0.2, -0.15) is 0 Å². The number of hydrogen-bond acceptors (Lipinski definition) is 3. The van der Waals surface area contributed by atoms with Gasteiger partial charge in [0.2, 0.25) is 0 Å². The van der Waals surface area contributed by atoms with Gasteiger partial charge >= 0.3 is 0 Å². The van der Waals surface area contributed by atoms with Crippen LogP contribution >= 0.6 is 0 Å². The lowest BCUT2D eigenvalue weighted by atomic mass is 9.98. The van der Waals surface area contributed by atoms with Crippen LogP contribution in [0.4, 0.5) is 0 Å². The van der Waals surface area contributed by atoms with Crippen molar-refractivity contribution in [2.75, 3.05) is 26.3 Å². The van der Waals surface area contributed by atoms with Gasteiger partial charge in [-0.15, -0.1) is 0 Å². The van der Waals surface area contributed by atoms with E-state index in [9.17, 15) is 0 Å². The zero-order valence-electron chi connectivity index (χ0n) is 11.2. The van der Waals surface area contributed by atoms with Gasteiger partial charge in [0.25, 0.3) is 0 Å². The Hall–Kier alpha value is -0.120. The van der Waals surface area contributed by atoms with E-state index in [4.69, 9.17) is 9.47 Å². The van der Waals surface area contributed by atoms with E-state index in [2.05, 4.69) is 12.2 Å². The summed E-state index contributed by atoms with van der Waals surface area (Å²) in [5, 5.41) is 3.34. The fourth-order valence-electron chi connectivity index (χ4n) is 3.06. The Balaban J connectivity index is 1.52. The summed E-state index contributed by atoms with van der Waals surface area (Å²) in [6.07, 6.45) is 9.28. The predicted molar refractivity (Wildman–Crippen MR) is 69.3 cm³/mol. The molecule has 0 aromatic heterocycles. The Morgan fingerprint density at radius 1 is 1.24 bits per heavy atom. The maximum atomic E-state index is 6.19. The molecule has 1 heterocycles. The third kappa shape index (κ3) is 3.94. The minimum Gasteiger partial charge on any atom is -0.377 e. The lowest BCUT2D eigenvalue weighted by Gasteiger charge is -2.23. The molecule has 2 aliphatic rings. The first-order valence-electron chi connectivity index (χ1n) is 7.31. The summed E-state index contributed by atoms with van der Waals surface area (Å²) in [6, 6.07) is 0. The van der Waals surface area contributed by atoms with Crippen LogP contribution in [0.2, 0.25) is 0 Å². The van der Waals surface area contributed by atoms with E-state index >= 15 is 0 Å². The van der Waals surface area contributed by atoms with E-state index in [0.717, 1.165) is 26.3 Å². The molecule has 0 aromatic carbocycles. The Labute approximate surface area is 105 Å². The van der Waals surface area contributed by atoms with Gasteiger partial charge in [0, 0.05) is 6.54 Å². The summed E-state index contributed by atoms with van der Waals surface area (Å²) in [6.45, 7) is 5.84. The van der Waals surface area contributed by atoms with E-state index in [0.29, 0.717) is 6.10 Å². The third-order valence-electron chi connectivity index (χ3n) is 4.01. The van der Waals surface area contributed by atoms with Crippen molar-refractivity contribution >= 4 is 0 Å². The van der Waals surface area contributed by atoms with Crippen molar-refractivity contribution in [3.8, 4) is 0 Å². The van der Waals surface area contributed by atoms with Gasteiger partial charge in [0.15, 0.2) is 0 Å². The van der Waals surface area contributed by atoms with Crippen LogP contribution in [0.25, 0.3) is 0 Å². The van der Waals surface area contributed by atoms with Gasteiger partial charge < -0.3 is 14.8 Å². The van der Waals surface area contributed by atoms with Gasteiger partial charge in [-0.05, 0) is 38.6 Å². The highest BCUT2D eigenvalue weighted by molar-refractivity contribution is 4.92. The lowest BCUT2D eigenvalue weighted by Crippen LogP contribution is -2.27. The van der Waals surface area contributed by atoms with Gasteiger partial charge in [0.1, 0.15) is 0 Å². The monoisotopic (exact) mass is 241 g/mol. The minimum absolute atomic E-state index is 0.258. The molecule has 0 aromatic rings. The number of hydrogen-bond donors (Lipinski definition) is 1. The van der Waals surface area contributed by atoms with Crippen LogP contribution in [-0.4, -0.2) is 38.0 Å². The van der Waals surface area contributed by atoms with Gasteiger partial charge in [-0.1, -0.05) is 19.8 Å². The van der Waals surface area contributed by atoms with Crippen molar-refractivity contribution in [2.24, 2.45) is 0 Å². The second kappa shape index (κ2) is 6.72. The smallest absolute Gasteiger partial charge is 0.0817 e. The first kappa shape index (κ1) is 13.3. The van der Waals surface area contributed by atoms with E-state index < -0.39 is 0 Å². The van der Waals surface area contributed by atoms with E-state index in [1.54, 1.807) is 0 Å². The maximum absolute atomic E-state index is 6.19. The quantitative estimate of drug-likeness (QED) is 0.695. The van der Waals surface area contributed by atoms with Crippen LogP contribution in [0.5, 0.6) is 0 Å². The van der Waals surface area contributed by atoms with Crippen LogP contribution in [0.15, 0.2) is 0 Å². The highest BCUT2D eigenvalue weighted by Crippen LogP contribution is 2.43. The zero-order valence-corrected chi connectivity index (χ0v) is 11.2. The SMILES string of the molecule is CCCNCCOCC1CCC2(CCCC2)O1. The summed E-state index contributed by atoms with van der Waals surface area (Å²) in [7, 11) is 0. The standard InChI is InChI=1S/C14H27NO2/c1-2-9-15-10-11-16-12-13-5-8-14(17-13)6-3-4-7-14/h13,15H,2-12H2,1H3. The van der Waals surface area contributed by atoms with Crippen molar-refractivity contribution in [3.05, 3.63) is 0 Å². The van der Waals surface area contributed by atoms with Crippen molar-refractivity contribution in [1.82, 2.24) is 5.32 Å². The average molecular weight is 241 g/mol. The molecule has 1 unspecified atom stereocenters. The van der Waals surface area contributed by atoms with Crippen LogP contribution in [0, 0.1) is 0 Å². The van der Waals surface area contributed by atoms with Crippen LogP contribution in [0.1, 0.15) is 51.9 Å². The highest BCUT2D eigenvalue weighted by Gasteiger charge is 2.41. The summed E-state index contributed by atoms with van der Waals surface area (Å²) in [5.74, 6) is 0. The van der Waals surface area contributed by atoms with E-state index in [1.807, 2.05) is 0 Å². The number of rotatable bonds is 7. The van der Waals surface area contributed by atoms with Crippen molar-refractivity contribution < 1.29 is 9.47 Å². The molecule has 3 heteroatoms. The zero-order chi connectivity index (χ0) is 12.0. The third-order valence-corrected chi connectivity index (χ3v) is 4.01. The molecule has 2 rings (SSSR count). The molecule has 100 valence electrons. The maximum Gasteiger partial charge on any atom is 0.0817 e. The Kier molecular flexibility index (Phi) is 5.26. The molecule has 17 heavy (non-hydrogen) atoms. The molecule has 1 N–H and O–H groups in total. The summed E-state index contributed by atoms with van der Waals surface area (Å²) < 4.78 is 11.9. The van der Waals surface area contributed by atoms with Crippen molar-refractivity contribution in [2.45, 2.75) is 63.6 Å². The fraction of sp³-hybridized carbons (Fsp3) is 1.00. The summed E-state index contributed by atoms with van der Waals surface area (Å²) >= 11 is 0. The van der Waals surface area contributed by atoms with Gasteiger partial charge in [0.05, 0.1) is 24.9 Å². The van der Waals surface area contributed by atoms with Crippen molar-refractivity contribution in [3.63, 3.8) is 0 Å².